The van der Waals surface area contributed by atoms with Crippen molar-refractivity contribution in [2.75, 3.05) is 6.61 Å². The first kappa shape index (κ1) is 17.5. The van der Waals surface area contributed by atoms with Gasteiger partial charge in [0, 0.05) is 11.1 Å². The van der Waals surface area contributed by atoms with Crippen molar-refractivity contribution >= 4 is 11.8 Å². The van der Waals surface area contributed by atoms with Gasteiger partial charge in [-0.25, -0.2) is 0 Å². The van der Waals surface area contributed by atoms with E-state index in [0.717, 1.165) is 5.56 Å². The largest absolute Gasteiger partial charge is 0.493 e. The van der Waals surface area contributed by atoms with Crippen molar-refractivity contribution in [2.45, 2.75) is 20.8 Å². The quantitative estimate of drug-likeness (QED) is 0.830. The predicted molar refractivity (Wildman–Crippen MR) is 92.9 cm³/mol. The molecule has 0 saturated heterocycles. The van der Waals surface area contributed by atoms with Crippen LogP contribution in [-0.2, 0) is 0 Å². The van der Waals surface area contributed by atoms with Crippen molar-refractivity contribution in [3.8, 4) is 5.75 Å². The van der Waals surface area contributed by atoms with E-state index in [-0.39, 0.29) is 5.91 Å². The molecule has 2 aromatic carbocycles. The highest BCUT2D eigenvalue weighted by atomic mass is 16.5. The van der Waals surface area contributed by atoms with E-state index in [1.54, 1.807) is 42.5 Å². The van der Waals surface area contributed by atoms with Crippen LogP contribution in [0.15, 0.2) is 48.5 Å². The van der Waals surface area contributed by atoms with Gasteiger partial charge < -0.3 is 4.74 Å². The van der Waals surface area contributed by atoms with Crippen LogP contribution < -0.4 is 15.6 Å². The van der Waals surface area contributed by atoms with Gasteiger partial charge in [0.15, 0.2) is 0 Å². The van der Waals surface area contributed by atoms with Gasteiger partial charge in [-0.1, -0.05) is 37.6 Å². The second-order valence-electron chi connectivity index (χ2n) is 6.01. The summed E-state index contributed by atoms with van der Waals surface area (Å²) in [6.07, 6.45) is 0. The summed E-state index contributed by atoms with van der Waals surface area (Å²) in [5, 5.41) is 0. The van der Waals surface area contributed by atoms with Crippen LogP contribution >= 0.6 is 0 Å². The zero-order chi connectivity index (χ0) is 17.5. The topological polar surface area (TPSA) is 67.4 Å². The molecule has 0 aliphatic carbocycles. The first-order valence-electron chi connectivity index (χ1n) is 7.86. The fourth-order valence-corrected chi connectivity index (χ4v) is 2.03. The number of aryl methyl sites for hydroxylation is 1. The first-order valence-corrected chi connectivity index (χ1v) is 7.86. The molecular formula is C19H22N2O3. The number of amides is 2. The standard InChI is InChI=1S/C19H22N2O3/c1-13(2)12-24-17-9-5-8-16(11-17)19(23)21-20-18(22)15-7-4-6-14(3)10-15/h4-11,13H,12H2,1-3H3,(H,20,22)(H,21,23). The number of nitrogens with one attached hydrogen (secondary N) is 2. The van der Waals surface area contributed by atoms with E-state index in [9.17, 15) is 9.59 Å². The van der Waals surface area contributed by atoms with Gasteiger partial charge in [0.05, 0.1) is 6.61 Å². The molecule has 5 nitrogen and oxygen atoms in total. The Morgan fingerprint density at radius 3 is 2.12 bits per heavy atom. The summed E-state index contributed by atoms with van der Waals surface area (Å²) in [6, 6.07) is 14.0. The molecule has 2 aromatic rings. The molecule has 2 N–H and O–H groups in total. The number of benzene rings is 2. The summed E-state index contributed by atoms with van der Waals surface area (Å²) in [5.41, 5.74) is 6.71. The van der Waals surface area contributed by atoms with E-state index in [0.29, 0.717) is 29.4 Å². The van der Waals surface area contributed by atoms with Crippen LogP contribution in [0, 0.1) is 12.8 Å². The molecule has 126 valence electrons. The SMILES string of the molecule is Cc1cccc(C(=O)NNC(=O)c2cccc(OCC(C)C)c2)c1. The Labute approximate surface area is 142 Å². The lowest BCUT2D eigenvalue weighted by molar-refractivity contribution is 0.0846. The van der Waals surface area contributed by atoms with Crippen LogP contribution in [0.25, 0.3) is 0 Å². The molecule has 2 amide bonds. The van der Waals surface area contributed by atoms with Crippen molar-refractivity contribution in [1.29, 1.82) is 0 Å². The van der Waals surface area contributed by atoms with E-state index in [2.05, 4.69) is 24.7 Å². The molecule has 0 spiro atoms. The monoisotopic (exact) mass is 326 g/mol. The summed E-state index contributed by atoms with van der Waals surface area (Å²) in [6.45, 7) is 6.59. The molecule has 0 atom stereocenters. The molecule has 24 heavy (non-hydrogen) atoms. The van der Waals surface area contributed by atoms with E-state index < -0.39 is 5.91 Å². The molecule has 0 radical (unpaired) electrons. The van der Waals surface area contributed by atoms with Gasteiger partial charge in [0.1, 0.15) is 5.75 Å². The number of ether oxygens (including phenoxy) is 1. The lowest BCUT2D eigenvalue weighted by Gasteiger charge is -2.11. The predicted octanol–water partition coefficient (Wildman–Crippen LogP) is 3.10. The van der Waals surface area contributed by atoms with Gasteiger partial charge in [-0.3, -0.25) is 20.4 Å². The van der Waals surface area contributed by atoms with Gasteiger partial charge in [-0.2, -0.15) is 0 Å². The average Bonchev–Trinajstić information content (AvgIpc) is 2.57. The summed E-state index contributed by atoms with van der Waals surface area (Å²) < 4.78 is 5.60. The molecule has 0 bridgehead atoms. The van der Waals surface area contributed by atoms with E-state index >= 15 is 0 Å². The van der Waals surface area contributed by atoms with E-state index in [1.807, 2.05) is 13.0 Å². The Balaban J connectivity index is 1.95. The fraction of sp³-hybridized carbons (Fsp3) is 0.263. The van der Waals surface area contributed by atoms with Crippen LogP contribution in [0.3, 0.4) is 0 Å². The lowest BCUT2D eigenvalue weighted by atomic mass is 10.1. The van der Waals surface area contributed by atoms with Gasteiger partial charge in [-0.05, 0) is 43.2 Å². The number of rotatable bonds is 5. The summed E-state index contributed by atoms with van der Waals surface area (Å²) in [4.78, 5) is 24.2. The zero-order valence-electron chi connectivity index (χ0n) is 14.1. The molecule has 0 aliphatic heterocycles. The molecular weight excluding hydrogens is 304 g/mol. The van der Waals surface area contributed by atoms with Crippen molar-refractivity contribution in [1.82, 2.24) is 10.9 Å². The van der Waals surface area contributed by atoms with Gasteiger partial charge >= 0.3 is 0 Å². The molecule has 2 rings (SSSR count). The second-order valence-corrected chi connectivity index (χ2v) is 6.01. The molecule has 0 saturated carbocycles. The Morgan fingerprint density at radius 2 is 1.54 bits per heavy atom. The molecule has 0 aromatic heterocycles. The van der Waals surface area contributed by atoms with Crippen LogP contribution in [0.1, 0.15) is 40.1 Å². The zero-order valence-corrected chi connectivity index (χ0v) is 14.1. The van der Waals surface area contributed by atoms with Gasteiger partial charge in [-0.15, -0.1) is 0 Å². The Hall–Kier alpha value is -2.82. The van der Waals surface area contributed by atoms with E-state index in [4.69, 9.17) is 4.74 Å². The molecule has 0 aliphatic rings. The van der Waals surface area contributed by atoms with Crippen LogP contribution in [-0.4, -0.2) is 18.4 Å². The third-order valence-corrected chi connectivity index (χ3v) is 3.25. The van der Waals surface area contributed by atoms with E-state index in [1.165, 1.54) is 0 Å². The molecule has 0 fully saturated rings. The number of carbonyl (C=O) groups is 2. The Bertz CT molecular complexity index is 726. The van der Waals surface area contributed by atoms with Crippen LogP contribution in [0.4, 0.5) is 0 Å². The highest BCUT2D eigenvalue weighted by Crippen LogP contribution is 2.14. The van der Waals surface area contributed by atoms with Crippen molar-refractivity contribution in [3.05, 3.63) is 65.2 Å². The fourth-order valence-electron chi connectivity index (χ4n) is 2.03. The molecule has 0 heterocycles. The van der Waals surface area contributed by atoms with Crippen molar-refractivity contribution in [3.63, 3.8) is 0 Å². The van der Waals surface area contributed by atoms with Crippen molar-refractivity contribution < 1.29 is 14.3 Å². The molecule has 5 heteroatoms. The number of hydrogen-bond acceptors (Lipinski definition) is 3. The summed E-state index contributed by atoms with van der Waals surface area (Å²) in [5.74, 6) is 0.266. The maximum Gasteiger partial charge on any atom is 0.269 e. The molecule has 0 unspecified atom stereocenters. The van der Waals surface area contributed by atoms with Gasteiger partial charge in [0.25, 0.3) is 11.8 Å². The number of carbonyl (C=O) groups excluding carboxylic acids is 2. The summed E-state index contributed by atoms with van der Waals surface area (Å²) in [7, 11) is 0. The third-order valence-electron chi connectivity index (χ3n) is 3.25. The number of hydrogen-bond donors (Lipinski definition) is 2. The first-order chi connectivity index (χ1) is 11.5. The van der Waals surface area contributed by atoms with Crippen LogP contribution in [0.2, 0.25) is 0 Å². The normalized spacial score (nSPS) is 10.3. The number of hydrazine groups is 1. The second kappa shape index (κ2) is 8.15. The average molecular weight is 326 g/mol. The maximum absolute atomic E-state index is 12.2. The Kier molecular flexibility index (Phi) is 5.95. The minimum absolute atomic E-state index is 0.362. The maximum atomic E-state index is 12.2. The minimum atomic E-state index is -0.397. The van der Waals surface area contributed by atoms with Crippen molar-refractivity contribution in [2.24, 2.45) is 5.92 Å². The van der Waals surface area contributed by atoms with Gasteiger partial charge in [0.2, 0.25) is 0 Å². The highest BCUT2D eigenvalue weighted by Gasteiger charge is 2.10. The highest BCUT2D eigenvalue weighted by molar-refractivity contribution is 5.99. The minimum Gasteiger partial charge on any atom is -0.493 e. The summed E-state index contributed by atoms with van der Waals surface area (Å²) >= 11 is 0. The Morgan fingerprint density at radius 1 is 0.958 bits per heavy atom. The smallest absolute Gasteiger partial charge is 0.269 e. The van der Waals surface area contributed by atoms with Crippen LogP contribution in [0.5, 0.6) is 5.75 Å². The lowest BCUT2D eigenvalue weighted by Crippen LogP contribution is -2.41. The third kappa shape index (κ3) is 5.12.